The van der Waals surface area contributed by atoms with E-state index in [1.54, 1.807) is 5.56 Å². The van der Waals surface area contributed by atoms with Gasteiger partial charge in [0.05, 0.1) is 11.4 Å². The highest BCUT2D eigenvalue weighted by Crippen LogP contribution is 2.32. The van der Waals surface area contributed by atoms with E-state index in [9.17, 15) is 4.79 Å². The van der Waals surface area contributed by atoms with Gasteiger partial charge in [0.2, 0.25) is 0 Å². The monoisotopic (exact) mass is 1080 g/mol. The molecule has 3 unspecified atom stereocenters. The molecule has 0 aliphatic carbocycles. The van der Waals surface area contributed by atoms with Crippen molar-refractivity contribution in [1.29, 1.82) is 0 Å². The molecule has 11 heteroatoms. The molecule has 3 atom stereocenters. The van der Waals surface area contributed by atoms with Gasteiger partial charge in [-0.25, -0.2) is 0 Å². The molecule has 9 nitrogen and oxygen atoms in total. The Morgan fingerprint density at radius 1 is 0.519 bits per heavy atom. The first-order valence-electron chi connectivity index (χ1n) is 28.7. The Labute approximate surface area is 468 Å². The minimum absolute atomic E-state index is 0.210. The Morgan fingerprint density at radius 2 is 0.935 bits per heavy atom. The highest BCUT2D eigenvalue weighted by molar-refractivity contribution is 6.30. The maximum Gasteiger partial charge on any atom is 0.165 e. The van der Waals surface area contributed by atoms with Gasteiger partial charge in [0, 0.05) is 81.6 Å². The summed E-state index contributed by atoms with van der Waals surface area (Å²) in [5, 5.41) is 15.7. The van der Waals surface area contributed by atoms with Gasteiger partial charge in [0.25, 0.3) is 0 Å². The van der Waals surface area contributed by atoms with Crippen LogP contribution in [0.15, 0.2) is 121 Å². The number of para-hydroxylation sites is 3. The predicted octanol–water partition coefficient (Wildman–Crippen LogP) is 14.9. The number of piperidine rings is 3. The third-order valence-corrected chi connectivity index (χ3v) is 17.3. The van der Waals surface area contributed by atoms with Crippen LogP contribution in [0.4, 0.5) is 0 Å². The molecule has 8 aromatic rings. The summed E-state index contributed by atoms with van der Waals surface area (Å²) in [5.41, 5.74) is 11.2. The first-order valence-corrected chi connectivity index (χ1v) is 29.4. The molecular weight excluding hydrogens is 996 g/mol. The summed E-state index contributed by atoms with van der Waals surface area (Å²) in [6.07, 6.45) is 16.9. The van der Waals surface area contributed by atoms with Crippen molar-refractivity contribution in [3.05, 3.63) is 165 Å². The number of hydrogen-bond donors (Lipinski definition) is 3. The maximum atomic E-state index is 13.3. The fourth-order valence-electron chi connectivity index (χ4n) is 12.3. The van der Waals surface area contributed by atoms with E-state index in [1.165, 1.54) is 136 Å². The molecule has 3 saturated heterocycles. The number of nitrogens with zero attached hydrogens (tertiary/aromatic N) is 3. The van der Waals surface area contributed by atoms with Crippen LogP contribution in [0.2, 0.25) is 10.0 Å². The Balaban J connectivity index is 0.000000143. The van der Waals surface area contributed by atoms with Crippen LogP contribution in [0.1, 0.15) is 116 Å². The molecule has 3 aliphatic rings. The number of aromatic nitrogens is 3. The maximum absolute atomic E-state index is 13.3. The summed E-state index contributed by atoms with van der Waals surface area (Å²) >= 11 is 12.0. The van der Waals surface area contributed by atoms with Crippen molar-refractivity contribution in [3.63, 3.8) is 0 Å². The van der Waals surface area contributed by atoms with E-state index in [1.807, 2.05) is 73.8 Å². The lowest BCUT2D eigenvalue weighted by molar-refractivity contribution is 0.0970. The minimum atomic E-state index is 0.210. The van der Waals surface area contributed by atoms with Gasteiger partial charge in [0.1, 0.15) is 24.7 Å². The highest BCUT2D eigenvalue weighted by Gasteiger charge is 2.24. The third-order valence-electron chi connectivity index (χ3n) is 16.8. The number of hydrogen-bond acceptors (Lipinski definition) is 6. The number of carbonyl (C=O) groups excluding carboxylic acids is 1. The second kappa shape index (κ2) is 27.9. The van der Waals surface area contributed by atoms with Crippen molar-refractivity contribution in [1.82, 2.24) is 29.7 Å². The van der Waals surface area contributed by atoms with Crippen LogP contribution in [0.25, 0.3) is 32.7 Å². The van der Waals surface area contributed by atoms with Crippen LogP contribution >= 0.6 is 23.2 Å². The normalized spacial score (nSPS) is 17.7. The van der Waals surface area contributed by atoms with Crippen molar-refractivity contribution in [2.45, 2.75) is 110 Å². The first-order chi connectivity index (χ1) is 37.6. The topological polar surface area (TPSA) is 86.4 Å². The van der Waals surface area contributed by atoms with Crippen LogP contribution in [-0.4, -0.2) is 58.8 Å². The Kier molecular flexibility index (Phi) is 20.3. The van der Waals surface area contributed by atoms with Gasteiger partial charge in [0.15, 0.2) is 5.78 Å². The Morgan fingerprint density at radius 3 is 1.44 bits per heavy atom. The summed E-state index contributed by atoms with van der Waals surface area (Å²) in [6, 6.07) is 40.5. The van der Waals surface area contributed by atoms with Crippen molar-refractivity contribution in [2.75, 3.05) is 39.3 Å². The zero-order valence-corrected chi connectivity index (χ0v) is 47.7. The number of ketones is 1. The molecule has 0 saturated carbocycles. The zero-order chi connectivity index (χ0) is 53.5. The largest absolute Gasteiger partial charge is 0.487 e. The fourth-order valence-corrected chi connectivity index (χ4v) is 12.6. The lowest BCUT2D eigenvalue weighted by atomic mass is 9.92. The summed E-state index contributed by atoms with van der Waals surface area (Å²) < 4.78 is 18.8. The van der Waals surface area contributed by atoms with Gasteiger partial charge in [-0.2, -0.15) is 0 Å². The van der Waals surface area contributed by atoms with Gasteiger partial charge in [-0.1, -0.05) is 77.8 Å². The lowest BCUT2D eigenvalue weighted by Gasteiger charge is -2.22. The fraction of sp³-hybridized carbons (Fsp3) is 0.439. The van der Waals surface area contributed by atoms with E-state index in [4.69, 9.17) is 32.7 Å². The SMILES string of the molecule is Cc1c(CCCC2CCCNC2)c2ccccc2n1C.Cn1c(COc2ccc(Cl)cc2)c(C(=O)CCC2CCCNC2)c2ccccc21.Cn1c(COc2ccc(Cl)cc2)c(CCCC2CCCNC2)c2ccccc21. The van der Waals surface area contributed by atoms with Gasteiger partial charge >= 0.3 is 0 Å². The molecule has 0 amide bonds. The van der Waals surface area contributed by atoms with Gasteiger partial charge in [-0.3, -0.25) is 4.79 Å². The van der Waals surface area contributed by atoms with E-state index in [0.717, 1.165) is 76.4 Å². The van der Waals surface area contributed by atoms with Crippen LogP contribution < -0.4 is 25.4 Å². The first kappa shape index (κ1) is 56.2. The highest BCUT2D eigenvalue weighted by atomic mass is 35.5. The number of benzene rings is 5. The average Bonchev–Trinajstić information content (AvgIpc) is 4.10. The predicted molar refractivity (Wildman–Crippen MR) is 321 cm³/mol. The lowest BCUT2D eigenvalue weighted by Crippen LogP contribution is -2.30. The van der Waals surface area contributed by atoms with Gasteiger partial charge < -0.3 is 39.1 Å². The third kappa shape index (κ3) is 14.6. The Hall–Kier alpha value is -5.55. The van der Waals surface area contributed by atoms with Crippen molar-refractivity contribution >= 4 is 61.7 Å². The summed E-state index contributed by atoms with van der Waals surface area (Å²) in [5.74, 6) is 4.13. The average molecular weight is 1080 g/mol. The standard InChI is InChI=1S/C24H27ClN2O2.C24H29ClN2O.C18H26N2/c1-27-21-7-3-2-6-20(21)24(23(28)13-8-17-5-4-14-26-15-17)22(27)16-29-19-11-9-18(25)10-12-19;1-27-23-10-3-2-8-21(23)22(9-4-6-18-7-5-15-26-16-18)24(27)17-28-20-13-11-19(25)12-14-20;1-14-16(10-5-7-15-8-6-12-19-13-15)17-9-3-4-11-18(17)20(14)2/h2-3,6-7,9-12,17,26H,4-5,8,13-16H2,1H3;2-3,8,10-14,18,26H,4-7,9,15-17H2,1H3;3-4,9,11,15,19H,5-8,10,12-13H2,1-2H3. The second-order valence-electron chi connectivity index (χ2n) is 21.9. The van der Waals surface area contributed by atoms with Crippen molar-refractivity contribution in [2.24, 2.45) is 38.9 Å². The molecule has 3 N–H and O–H groups in total. The van der Waals surface area contributed by atoms with E-state index in [2.05, 4.69) is 105 Å². The molecule has 0 radical (unpaired) electrons. The minimum Gasteiger partial charge on any atom is -0.487 e. The van der Waals surface area contributed by atoms with E-state index in [-0.39, 0.29) is 5.78 Å². The number of aryl methyl sites for hydroxylation is 5. The number of rotatable bonds is 18. The van der Waals surface area contributed by atoms with Crippen LogP contribution in [-0.2, 0) is 47.2 Å². The van der Waals surface area contributed by atoms with E-state index in [0.29, 0.717) is 30.6 Å². The summed E-state index contributed by atoms with van der Waals surface area (Å²) in [7, 11) is 6.34. The van der Waals surface area contributed by atoms with Gasteiger partial charge in [-0.15, -0.1) is 0 Å². The second-order valence-corrected chi connectivity index (χ2v) is 22.8. The molecule has 77 heavy (non-hydrogen) atoms. The summed E-state index contributed by atoms with van der Waals surface area (Å²) in [4.78, 5) is 13.3. The number of fused-ring (bicyclic) bond motifs is 3. The van der Waals surface area contributed by atoms with E-state index >= 15 is 0 Å². The van der Waals surface area contributed by atoms with Crippen molar-refractivity contribution in [3.8, 4) is 11.5 Å². The van der Waals surface area contributed by atoms with Crippen LogP contribution in [0.5, 0.6) is 11.5 Å². The zero-order valence-electron chi connectivity index (χ0n) is 46.2. The quantitative estimate of drug-likeness (QED) is 0.0743. The molecule has 0 spiro atoms. The molecule has 0 bridgehead atoms. The number of nitrogens with one attached hydrogen (secondary N) is 3. The molecule has 11 rings (SSSR count). The van der Waals surface area contributed by atoms with E-state index < -0.39 is 0 Å². The van der Waals surface area contributed by atoms with Crippen LogP contribution in [0.3, 0.4) is 0 Å². The molecule has 408 valence electrons. The Bertz CT molecular complexity index is 3140. The molecular formula is C66H82Cl2N6O3. The van der Waals surface area contributed by atoms with Gasteiger partial charge in [-0.05, 0) is 225 Å². The number of halogens is 2. The number of Topliss-reactive ketones (excluding diaryl/α,β-unsaturated/α-hetero) is 1. The number of carbonyl (C=O) groups is 1. The molecule has 3 aromatic heterocycles. The van der Waals surface area contributed by atoms with Crippen molar-refractivity contribution < 1.29 is 14.3 Å². The van der Waals surface area contributed by atoms with Crippen LogP contribution in [0, 0.1) is 24.7 Å². The summed E-state index contributed by atoms with van der Waals surface area (Å²) in [6.45, 7) is 10.1. The molecule has 3 aliphatic heterocycles. The molecule has 3 fully saturated rings. The molecule has 5 aromatic carbocycles. The smallest absolute Gasteiger partial charge is 0.165 e. The number of ether oxygens (including phenoxy) is 2. The molecule has 6 heterocycles.